The van der Waals surface area contributed by atoms with Crippen LogP contribution in [0, 0.1) is 11.3 Å². The van der Waals surface area contributed by atoms with Crippen LogP contribution in [0.5, 0.6) is 0 Å². The molecule has 0 aliphatic heterocycles. The Kier molecular flexibility index (Phi) is 3.75. The molecule has 0 fully saturated rings. The van der Waals surface area contributed by atoms with Gasteiger partial charge in [-0.2, -0.15) is 22.9 Å². The van der Waals surface area contributed by atoms with Crippen LogP contribution in [0.4, 0.5) is 0 Å². The van der Waals surface area contributed by atoms with Crippen molar-refractivity contribution in [1.82, 2.24) is 14.2 Å². The summed E-state index contributed by atoms with van der Waals surface area (Å²) in [5.74, 6) is 0. The average Bonchev–Trinajstić information content (AvgIpc) is 3.18. The van der Waals surface area contributed by atoms with Gasteiger partial charge in [0.05, 0.1) is 27.7 Å². The first-order valence-electron chi connectivity index (χ1n) is 7.75. The molecule has 0 aliphatic carbocycles. The minimum absolute atomic E-state index is 0.0192. The average molecular weight is 360 g/mol. The summed E-state index contributed by atoms with van der Waals surface area (Å²) in [6, 6.07) is 18.9. The van der Waals surface area contributed by atoms with E-state index in [1.54, 1.807) is 24.4 Å². The highest BCUT2D eigenvalue weighted by Gasteiger charge is 2.19. The molecule has 26 heavy (non-hydrogen) atoms. The van der Waals surface area contributed by atoms with Crippen LogP contribution in [0.3, 0.4) is 0 Å². The normalized spacial score (nSPS) is 11.3. The molecule has 4 rings (SSSR count). The van der Waals surface area contributed by atoms with E-state index in [-0.39, 0.29) is 10.5 Å². The quantitative estimate of drug-likeness (QED) is 0.560. The molecule has 0 atom stereocenters. The van der Waals surface area contributed by atoms with Crippen molar-refractivity contribution in [2.24, 2.45) is 0 Å². The number of pyridine rings is 1. The molecule has 126 valence electrons. The Morgan fingerprint density at radius 3 is 2.69 bits per heavy atom. The summed E-state index contributed by atoms with van der Waals surface area (Å²) >= 11 is 0. The third-order valence-electron chi connectivity index (χ3n) is 4.00. The molecule has 2 aromatic heterocycles. The Hall–Kier alpha value is -3.50. The van der Waals surface area contributed by atoms with Crippen molar-refractivity contribution in [2.75, 3.05) is 0 Å². The first-order chi connectivity index (χ1) is 12.6. The van der Waals surface area contributed by atoms with Gasteiger partial charge < -0.3 is 0 Å². The van der Waals surface area contributed by atoms with Gasteiger partial charge in [0.2, 0.25) is 0 Å². The highest BCUT2D eigenvalue weighted by atomic mass is 32.2. The van der Waals surface area contributed by atoms with Crippen LogP contribution in [-0.2, 0) is 10.0 Å². The monoisotopic (exact) mass is 360 g/mol. The molecule has 0 amide bonds. The van der Waals surface area contributed by atoms with Gasteiger partial charge in [-0.15, -0.1) is 0 Å². The predicted molar refractivity (Wildman–Crippen MR) is 96.7 cm³/mol. The summed E-state index contributed by atoms with van der Waals surface area (Å²) < 4.78 is 26.5. The van der Waals surface area contributed by atoms with Gasteiger partial charge in [0.25, 0.3) is 10.0 Å². The van der Waals surface area contributed by atoms with Crippen LogP contribution >= 0.6 is 0 Å². The highest BCUT2D eigenvalue weighted by Crippen LogP contribution is 2.26. The fourth-order valence-electron chi connectivity index (χ4n) is 2.74. The summed E-state index contributed by atoms with van der Waals surface area (Å²) in [4.78, 5) is 4.33. The van der Waals surface area contributed by atoms with Crippen molar-refractivity contribution in [3.63, 3.8) is 0 Å². The van der Waals surface area contributed by atoms with E-state index in [1.807, 2.05) is 30.3 Å². The fourth-order valence-corrected chi connectivity index (χ4v) is 3.90. The number of benzene rings is 2. The van der Waals surface area contributed by atoms with E-state index in [1.165, 1.54) is 24.4 Å². The van der Waals surface area contributed by atoms with E-state index >= 15 is 0 Å². The van der Waals surface area contributed by atoms with Crippen LogP contribution in [0.25, 0.3) is 22.2 Å². The van der Waals surface area contributed by atoms with Crippen molar-refractivity contribution < 1.29 is 8.42 Å². The van der Waals surface area contributed by atoms with Crippen molar-refractivity contribution in [1.29, 1.82) is 5.26 Å². The molecule has 0 saturated heterocycles. The Bertz CT molecular complexity index is 1260. The standard InChI is InChI=1S/C19H12N4O2S/c20-13-14-4-3-5-15(12-14)26(24,25)23-11-9-19(22-23)17-8-10-21-18-7-2-1-6-16(17)18/h1-12H. The first kappa shape index (κ1) is 16.0. The lowest BCUT2D eigenvalue weighted by molar-refractivity contribution is 0.580. The van der Waals surface area contributed by atoms with Crippen molar-refractivity contribution in [2.45, 2.75) is 4.90 Å². The number of aromatic nitrogens is 3. The zero-order valence-corrected chi connectivity index (χ0v) is 14.3. The third-order valence-corrected chi connectivity index (χ3v) is 5.54. The van der Waals surface area contributed by atoms with Gasteiger partial charge >= 0.3 is 0 Å². The minimum Gasteiger partial charge on any atom is -0.256 e. The maximum Gasteiger partial charge on any atom is 0.283 e. The molecule has 4 aromatic rings. The highest BCUT2D eigenvalue weighted by molar-refractivity contribution is 7.89. The zero-order chi connectivity index (χ0) is 18.1. The van der Waals surface area contributed by atoms with E-state index in [0.29, 0.717) is 5.69 Å². The third kappa shape index (κ3) is 2.62. The van der Waals surface area contributed by atoms with Crippen molar-refractivity contribution in [3.8, 4) is 17.3 Å². The Balaban J connectivity index is 1.82. The van der Waals surface area contributed by atoms with Crippen molar-refractivity contribution in [3.05, 3.63) is 78.6 Å². The Morgan fingerprint density at radius 1 is 1.00 bits per heavy atom. The van der Waals surface area contributed by atoms with Crippen molar-refractivity contribution >= 4 is 20.9 Å². The van der Waals surface area contributed by atoms with Gasteiger partial charge in [0.15, 0.2) is 0 Å². The second-order valence-corrected chi connectivity index (χ2v) is 7.39. The van der Waals surface area contributed by atoms with Crippen LogP contribution in [0.1, 0.15) is 5.56 Å². The molecule has 6 nitrogen and oxygen atoms in total. The van der Waals surface area contributed by atoms with E-state index in [4.69, 9.17) is 5.26 Å². The predicted octanol–water partition coefficient (Wildman–Crippen LogP) is 3.21. The topological polar surface area (TPSA) is 88.6 Å². The number of nitrogens with zero attached hydrogens (tertiary/aromatic N) is 4. The molecule has 7 heteroatoms. The second kappa shape index (κ2) is 6.10. The molecule has 0 radical (unpaired) electrons. The van der Waals surface area contributed by atoms with E-state index in [2.05, 4.69) is 10.1 Å². The van der Waals surface area contributed by atoms with Gasteiger partial charge in [0.1, 0.15) is 0 Å². The van der Waals surface area contributed by atoms with Gasteiger partial charge in [-0.1, -0.05) is 24.3 Å². The lowest BCUT2D eigenvalue weighted by atomic mass is 10.1. The van der Waals surface area contributed by atoms with E-state index in [0.717, 1.165) is 20.6 Å². The van der Waals surface area contributed by atoms with Crippen LogP contribution < -0.4 is 0 Å². The summed E-state index contributed by atoms with van der Waals surface area (Å²) in [6.45, 7) is 0. The van der Waals surface area contributed by atoms with Gasteiger partial charge in [0, 0.05) is 23.3 Å². The van der Waals surface area contributed by atoms with Gasteiger partial charge in [-0.3, -0.25) is 4.98 Å². The summed E-state index contributed by atoms with van der Waals surface area (Å²) in [6.07, 6.45) is 3.07. The van der Waals surface area contributed by atoms with Crippen LogP contribution in [-0.4, -0.2) is 22.6 Å². The zero-order valence-electron chi connectivity index (χ0n) is 13.4. The molecule has 0 aliphatic rings. The number of nitriles is 1. The smallest absolute Gasteiger partial charge is 0.256 e. The molecule has 2 aromatic carbocycles. The SMILES string of the molecule is N#Cc1cccc(S(=O)(=O)n2ccc(-c3ccnc4ccccc34)n2)c1. The number of para-hydroxylation sites is 1. The summed E-state index contributed by atoms with van der Waals surface area (Å²) in [5, 5.41) is 14.1. The molecule has 0 spiro atoms. The molecular formula is C19H12N4O2S. The Morgan fingerprint density at radius 2 is 1.85 bits per heavy atom. The number of fused-ring (bicyclic) bond motifs is 1. The number of hydrogen-bond donors (Lipinski definition) is 0. The molecule has 0 N–H and O–H groups in total. The molecule has 0 unspecified atom stereocenters. The number of rotatable bonds is 3. The fraction of sp³-hybridized carbons (Fsp3) is 0. The summed E-state index contributed by atoms with van der Waals surface area (Å²) in [5.41, 5.74) is 2.42. The molecule has 0 bridgehead atoms. The lowest BCUT2D eigenvalue weighted by Gasteiger charge is -2.05. The van der Waals surface area contributed by atoms with Crippen LogP contribution in [0.15, 0.2) is 78.0 Å². The first-order valence-corrected chi connectivity index (χ1v) is 9.19. The van der Waals surface area contributed by atoms with E-state index in [9.17, 15) is 8.42 Å². The van der Waals surface area contributed by atoms with Crippen LogP contribution in [0.2, 0.25) is 0 Å². The molecular weight excluding hydrogens is 348 g/mol. The number of hydrogen-bond acceptors (Lipinski definition) is 5. The lowest BCUT2D eigenvalue weighted by Crippen LogP contribution is -2.13. The van der Waals surface area contributed by atoms with E-state index < -0.39 is 10.0 Å². The van der Waals surface area contributed by atoms with Gasteiger partial charge in [-0.05, 0) is 36.4 Å². The molecule has 0 saturated carbocycles. The Labute approximate surface area is 150 Å². The maximum atomic E-state index is 12.8. The minimum atomic E-state index is -3.87. The maximum absolute atomic E-state index is 12.8. The summed E-state index contributed by atoms with van der Waals surface area (Å²) in [7, 11) is -3.87. The second-order valence-electron chi connectivity index (χ2n) is 5.59. The largest absolute Gasteiger partial charge is 0.283 e. The van der Waals surface area contributed by atoms with Gasteiger partial charge in [-0.25, -0.2) is 0 Å². The molecule has 2 heterocycles.